The molecule has 0 saturated heterocycles. The van der Waals surface area contributed by atoms with Gasteiger partial charge in [-0.15, -0.1) is 0 Å². The number of halogens is 2. The fraction of sp³-hybridized carbons (Fsp3) is 0.308. The van der Waals surface area contributed by atoms with Gasteiger partial charge in [0.2, 0.25) is 0 Å². The van der Waals surface area contributed by atoms with E-state index >= 15 is 0 Å². The minimum Gasteiger partial charge on any atom is -0.338 e. The Hall–Kier alpha value is -1.03. The van der Waals surface area contributed by atoms with E-state index in [4.69, 9.17) is 23.2 Å². The van der Waals surface area contributed by atoms with Crippen LogP contribution in [0.4, 0.5) is 0 Å². The van der Waals surface area contributed by atoms with E-state index in [0.29, 0.717) is 10.0 Å². The average molecular weight is 284 g/mol. The normalized spacial score (nSPS) is 12.7. The van der Waals surface area contributed by atoms with Crippen LogP contribution in [0.2, 0.25) is 10.0 Å². The minimum absolute atomic E-state index is 0.121. The minimum atomic E-state index is 0.121. The number of aryl methyl sites for hydroxylation is 1. The van der Waals surface area contributed by atoms with Gasteiger partial charge < -0.3 is 9.88 Å². The van der Waals surface area contributed by atoms with E-state index in [2.05, 4.69) is 10.3 Å². The highest BCUT2D eigenvalue weighted by molar-refractivity contribution is 6.35. The van der Waals surface area contributed by atoms with Crippen LogP contribution in [0.1, 0.15) is 17.4 Å². The van der Waals surface area contributed by atoms with Gasteiger partial charge in [-0.25, -0.2) is 4.98 Å². The molecule has 0 aliphatic rings. The van der Waals surface area contributed by atoms with Crippen LogP contribution in [0.5, 0.6) is 0 Å². The molecule has 18 heavy (non-hydrogen) atoms. The molecule has 2 rings (SSSR count). The third kappa shape index (κ3) is 2.86. The Morgan fingerprint density at radius 3 is 2.72 bits per heavy atom. The summed E-state index contributed by atoms with van der Waals surface area (Å²) in [5, 5.41) is 4.59. The van der Waals surface area contributed by atoms with Gasteiger partial charge in [-0.3, -0.25) is 0 Å². The third-order valence-corrected chi connectivity index (χ3v) is 3.56. The zero-order valence-corrected chi connectivity index (χ0v) is 11.8. The highest BCUT2D eigenvalue weighted by Crippen LogP contribution is 2.27. The second-order valence-corrected chi connectivity index (χ2v) is 5.01. The van der Waals surface area contributed by atoms with Crippen LogP contribution in [-0.4, -0.2) is 16.6 Å². The first-order chi connectivity index (χ1) is 8.61. The Balaban J connectivity index is 2.26. The maximum atomic E-state index is 6.23. The molecule has 1 heterocycles. The number of likely N-dealkylation sites (N-methyl/N-ethyl adjacent to an activating group) is 1. The SMILES string of the molecule is CNC(Cc1nccn1C)c1ccc(Cl)cc1Cl. The molecule has 1 aromatic heterocycles. The number of hydrogen-bond donors (Lipinski definition) is 1. The van der Waals surface area contributed by atoms with Crippen molar-refractivity contribution in [1.82, 2.24) is 14.9 Å². The molecular weight excluding hydrogens is 269 g/mol. The Bertz CT molecular complexity index is 537. The molecule has 0 aliphatic carbocycles. The number of imidazole rings is 1. The number of benzene rings is 1. The van der Waals surface area contributed by atoms with Crippen molar-refractivity contribution in [3.05, 3.63) is 52.0 Å². The summed E-state index contributed by atoms with van der Waals surface area (Å²) in [5.41, 5.74) is 1.03. The summed E-state index contributed by atoms with van der Waals surface area (Å²) < 4.78 is 2.01. The Morgan fingerprint density at radius 2 is 2.17 bits per heavy atom. The molecule has 96 valence electrons. The van der Waals surface area contributed by atoms with E-state index in [-0.39, 0.29) is 6.04 Å². The maximum Gasteiger partial charge on any atom is 0.110 e. The summed E-state index contributed by atoms with van der Waals surface area (Å²) in [4.78, 5) is 4.33. The van der Waals surface area contributed by atoms with E-state index < -0.39 is 0 Å². The maximum absolute atomic E-state index is 6.23. The fourth-order valence-corrected chi connectivity index (χ4v) is 2.47. The lowest BCUT2D eigenvalue weighted by Gasteiger charge is -2.18. The van der Waals surface area contributed by atoms with Gasteiger partial charge in [-0.05, 0) is 24.7 Å². The van der Waals surface area contributed by atoms with Crippen LogP contribution in [0.3, 0.4) is 0 Å². The number of nitrogens with one attached hydrogen (secondary N) is 1. The van der Waals surface area contributed by atoms with Gasteiger partial charge in [0.1, 0.15) is 5.82 Å². The zero-order valence-electron chi connectivity index (χ0n) is 10.3. The van der Waals surface area contributed by atoms with E-state index in [1.54, 1.807) is 12.3 Å². The Kier molecular flexibility index (Phi) is 4.27. The molecule has 1 unspecified atom stereocenters. The van der Waals surface area contributed by atoms with Crippen LogP contribution in [0, 0.1) is 0 Å². The van der Waals surface area contributed by atoms with Crippen molar-refractivity contribution in [1.29, 1.82) is 0 Å². The topological polar surface area (TPSA) is 29.9 Å². The lowest BCUT2D eigenvalue weighted by atomic mass is 10.0. The van der Waals surface area contributed by atoms with E-state index in [1.165, 1.54) is 0 Å². The van der Waals surface area contributed by atoms with Crippen molar-refractivity contribution < 1.29 is 0 Å². The summed E-state index contributed by atoms with van der Waals surface area (Å²) in [6, 6.07) is 5.69. The van der Waals surface area contributed by atoms with Gasteiger partial charge in [0.15, 0.2) is 0 Å². The molecule has 0 radical (unpaired) electrons. The number of hydrogen-bond acceptors (Lipinski definition) is 2. The molecule has 1 aromatic carbocycles. The van der Waals surface area contributed by atoms with Crippen LogP contribution in [-0.2, 0) is 13.5 Å². The monoisotopic (exact) mass is 283 g/mol. The van der Waals surface area contributed by atoms with Crippen LogP contribution < -0.4 is 5.32 Å². The summed E-state index contributed by atoms with van der Waals surface area (Å²) in [7, 11) is 3.90. The average Bonchev–Trinajstić information content (AvgIpc) is 2.73. The van der Waals surface area contributed by atoms with Crippen LogP contribution >= 0.6 is 23.2 Å². The molecule has 0 bridgehead atoms. The van der Waals surface area contributed by atoms with Crippen molar-refractivity contribution in [3.8, 4) is 0 Å². The lowest BCUT2D eigenvalue weighted by molar-refractivity contribution is 0.564. The largest absolute Gasteiger partial charge is 0.338 e. The molecule has 0 aliphatic heterocycles. The Morgan fingerprint density at radius 1 is 1.39 bits per heavy atom. The van der Waals surface area contributed by atoms with Crippen LogP contribution in [0.25, 0.3) is 0 Å². The van der Waals surface area contributed by atoms with Gasteiger partial charge in [-0.2, -0.15) is 0 Å². The van der Waals surface area contributed by atoms with Gasteiger partial charge >= 0.3 is 0 Å². The van der Waals surface area contributed by atoms with Crippen molar-refractivity contribution in [3.63, 3.8) is 0 Å². The lowest BCUT2D eigenvalue weighted by Crippen LogP contribution is -2.20. The second kappa shape index (κ2) is 5.74. The summed E-state index contributed by atoms with van der Waals surface area (Å²) >= 11 is 12.1. The molecule has 3 nitrogen and oxygen atoms in total. The summed E-state index contributed by atoms with van der Waals surface area (Å²) in [6.07, 6.45) is 4.51. The molecule has 0 saturated carbocycles. The van der Waals surface area contributed by atoms with Gasteiger partial charge in [0.05, 0.1) is 0 Å². The first-order valence-electron chi connectivity index (χ1n) is 5.70. The van der Waals surface area contributed by atoms with Crippen molar-refractivity contribution in [2.24, 2.45) is 7.05 Å². The van der Waals surface area contributed by atoms with Gasteiger partial charge in [-0.1, -0.05) is 29.3 Å². The number of rotatable bonds is 4. The predicted octanol–water partition coefficient (Wildman–Crippen LogP) is 3.23. The second-order valence-electron chi connectivity index (χ2n) is 4.17. The summed E-state index contributed by atoms with van der Waals surface area (Å²) in [6.45, 7) is 0. The van der Waals surface area contributed by atoms with Crippen LogP contribution in [0.15, 0.2) is 30.6 Å². The first-order valence-corrected chi connectivity index (χ1v) is 6.46. The fourth-order valence-electron chi connectivity index (χ4n) is 1.93. The molecule has 1 N–H and O–H groups in total. The van der Waals surface area contributed by atoms with Crippen molar-refractivity contribution in [2.75, 3.05) is 7.05 Å². The molecule has 2 aromatic rings. The highest BCUT2D eigenvalue weighted by Gasteiger charge is 2.15. The van der Waals surface area contributed by atoms with Crippen molar-refractivity contribution in [2.45, 2.75) is 12.5 Å². The number of nitrogens with zero attached hydrogens (tertiary/aromatic N) is 2. The number of aromatic nitrogens is 2. The van der Waals surface area contributed by atoms with Gasteiger partial charge in [0, 0.05) is 41.9 Å². The quantitative estimate of drug-likeness (QED) is 0.934. The molecule has 0 fully saturated rings. The van der Waals surface area contributed by atoms with Crippen molar-refractivity contribution >= 4 is 23.2 Å². The predicted molar refractivity (Wildman–Crippen MR) is 75.2 cm³/mol. The zero-order chi connectivity index (χ0) is 13.1. The third-order valence-electron chi connectivity index (χ3n) is 2.99. The van der Waals surface area contributed by atoms with E-state index in [0.717, 1.165) is 17.8 Å². The standard InChI is InChI=1S/C13H15Cl2N3/c1-16-12(8-13-17-5-6-18(13)2)10-4-3-9(14)7-11(10)15/h3-7,12,16H,8H2,1-2H3. The molecule has 0 amide bonds. The van der Waals surface area contributed by atoms with E-state index in [1.807, 2.05) is 37.0 Å². The molecular formula is C13H15Cl2N3. The Labute approximate surface area is 117 Å². The smallest absolute Gasteiger partial charge is 0.110 e. The van der Waals surface area contributed by atoms with E-state index in [9.17, 15) is 0 Å². The molecule has 1 atom stereocenters. The first kappa shape index (κ1) is 13.4. The molecule has 0 spiro atoms. The van der Waals surface area contributed by atoms with Gasteiger partial charge in [0.25, 0.3) is 0 Å². The molecule has 5 heteroatoms. The summed E-state index contributed by atoms with van der Waals surface area (Å²) in [5.74, 6) is 1.01. The highest BCUT2D eigenvalue weighted by atomic mass is 35.5.